The highest BCUT2D eigenvalue weighted by molar-refractivity contribution is 7.91. The molecule has 1 aromatic carbocycles. The minimum Gasteiger partial charge on any atom is -0.497 e. The van der Waals surface area contributed by atoms with Gasteiger partial charge in [-0.1, -0.05) is 25.0 Å². The lowest BCUT2D eigenvalue weighted by atomic mass is 10.0. The molecule has 4 fully saturated rings. The van der Waals surface area contributed by atoms with Gasteiger partial charge in [0.2, 0.25) is 27.7 Å². The first-order chi connectivity index (χ1) is 26.1. The normalized spacial score (nSPS) is 29.4. The molecule has 4 amide bonds. The number of carbonyl (C=O) groups is 4. The number of allylic oxidation sites excluding steroid dienone is 1. The summed E-state index contributed by atoms with van der Waals surface area (Å²) in [5.41, 5.74) is -0.444. The van der Waals surface area contributed by atoms with Crippen LogP contribution in [0, 0.1) is 12.8 Å². The summed E-state index contributed by atoms with van der Waals surface area (Å²) in [6.45, 7) is 5.23. The number of aromatic nitrogens is 2. The van der Waals surface area contributed by atoms with Gasteiger partial charge >= 0.3 is 6.09 Å². The molecule has 0 bridgehead atoms. The Labute approximate surface area is 321 Å². The molecule has 7 rings (SSSR count). The van der Waals surface area contributed by atoms with Gasteiger partial charge in [0.25, 0.3) is 5.91 Å². The number of methoxy groups -OCH3 is 1. The van der Waals surface area contributed by atoms with Crippen molar-refractivity contribution in [2.24, 2.45) is 5.92 Å². The summed E-state index contributed by atoms with van der Waals surface area (Å²) in [5, 5.41) is 5.72. The lowest BCUT2D eigenvalue weighted by Crippen LogP contribution is -2.58. The van der Waals surface area contributed by atoms with Crippen molar-refractivity contribution in [3.63, 3.8) is 0 Å². The van der Waals surface area contributed by atoms with E-state index in [2.05, 4.69) is 25.3 Å². The van der Waals surface area contributed by atoms with E-state index in [1.807, 2.05) is 19.1 Å². The van der Waals surface area contributed by atoms with E-state index in [1.54, 1.807) is 39.2 Å². The number of amides is 4. The second kappa shape index (κ2) is 14.9. The second-order valence-electron chi connectivity index (χ2n) is 16.4. The molecule has 2 aliphatic heterocycles. The van der Waals surface area contributed by atoms with Gasteiger partial charge in [0.1, 0.15) is 40.8 Å². The van der Waals surface area contributed by atoms with Crippen LogP contribution in [0.5, 0.6) is 11.6 Å². The Balaban J connectivity index is 1.18. The van der Waals surface area contributed by atoms with Gasteiger partial charge in [-0.15, -0.1) is 0 Å². The molecule has 16 heteroatoms. The second-order valence-corrected chi connectivity index (χ2v) is 18.6. The van der Waals surface area contributed by atoms with Crippen molar-refractivity contribution in [2.75, 3.05) is 13.7 Å². The lowest BCUT2D eigenvalue weighted by molar-refractivity contribution is -0.141. The third-order valence-electron chi connectivity index (χ3n) is 12.0. The maximum atomic E-state index is 14.6. The number of hydrogen-bond acceptors (Lipinski definition) is 11. The predicted octanol–water partition coefficient (Wildman–Crippen LogP) is 4.12. The van der Waals surface area contributed by atoms with Crippen molar-refractivity contribution in [3.05, 3.63) is 36.0 Å². The van der Waals surface area contributed by atoms with E-state index in [4.69, 9.17) is 14.2 Å². The molecule has 55 heavy (non-hydrogen) atoms. The van der Waals surface area contributed by atoms with Crippen LogP contribution in [0.15, 0.2) is 30.4 Å². The van der Waals surface area contributed by atoms with E-state index >= 15 is 0 Å². The van der Waals surface area contributed by atoms with Crippen molar-refractivity contribution in [3.8, 4) is 11.6 Å². The van der Waals surface area contributed by atoms with E-state index in [1.165, 1.54) is 4.90 Å². The number of benzene rings is 1. The van der Waals surface area contributed by atoms with Crippen molar-refractivity contribution in [1.82, 2.24) is 30.2 Å². The topological polar surface area (TPSA) is 195 Å². The van der Waals surface area contributed by atoms with Crippen LogP contribution in [0.1, 0.15) is 103 Å². The summed E-state index contributed by atoms with van der Waals surface area (Å²) in [4.78, 5) is 66.9. The zero-order valence-corrected chi connectivity index (χ0v) is 32.8. The number of sulfonamides is 1. The molecule has 5 atom stereocenters. The molecule has 3 heterocycles. The van der Waals surface area contributed by atoms with Crippen LogP contribution in [0.25, 0.3) is 11.0 Å². The molecule has 3 aliphatic carbocycles. The Morgan fingerprint density at radius 3 is 2.49 bits per heavy atom. The fourth-order valence-corrected chi connectivity index (χ4v) is 9.38. The Morgan fingerprint density at radius 2 is 1.76 bits per heavy atom. The van der Waals surface area contributed by atoms with Gasteiger partial charge in [-0.3, -0.25) is 19.1 Å². The highest BCUT2D eigenvalue weighted by Gasteiger charge is 2.63. The number of nitrogens with one attached hydrogen (secondary N) is 3. The third kappa shape index (κ3) is 8.10. The molecular formula is C39H52N6O9S. The fourth-order valence-electron chi connectivity index (χ4n) is 8.07. The zero-order chi connectivity index (χ0) is 39.2. The van der Waals surface area contributed by atoms with E-state index in [-0.39, 0.29) is 25.3 Å². The largest absolute Gasteiger partial charge is 0.497 e. The quantitative estimate of drug-likeness (QED) is 0.326. The SMILES string of the molecule is COc1ccc2nc(C)c(O[C@@H]3C[C@H]4C(=O)N[C@]5(C(=O)NS(=O)(=O)C6(C)CC6)C[C@H]5/C=C/CCCCC[C@H](NC(=O)OC5(C)CCCC5)C(=O)N4C3)nc2c1. The standard InChI is InChI=1S/C39H52N6O9S/c1-24-33(41-30-20-26(52-4)14-15-28(30)40-24)53-27-21-31-32(46)43-39(35(48)44-55(50,51)38(3)18-19-38)22-25(39)12-8-6-5-7-9-13-29(34(47)45(31)23-27)42-36(49)54-37(2)16-10-11-17-37/h8,12,14-15,20,25,27,29,31H,5-7,9-11,13,16-19,21-23H2,1-4H3,(H,42,49)(H,43,46)(H,44,48)/b12-8+/t25-,27-,29+,31+,39-/m1/s1. The Bertz CT molecular complexity index is 2000. The monoisotopic (exact) mass is 780 g/mol. The molecule has 0 radical (unpaired) electrons. The molecule has 0 unspecified atom stereocenters. The van der Waals surface area contributed by atoms with E-state index in [0.717, 1.165) is 38.5 Å². The molecule has 0 spiro atoms. The van der Waals surface area contributed by atoms with Gasteiger partial charge < -0.3 is 29.7 Å². The number of hydrogen-bond donors (Lipinski definition) is 3. The van der Waals surface area contributed by atoms with E-state index in [9.17, 15) is 27.6 Å². The summed E-state index contributed by atoms with van der Waals surface area (Å²) in [5.74, 6) is -1.51. The molecule has 3 saturated carbocycles. The molecular weight excluding hydrogens is 729 g/mol. The summed E-state index contributed by atoms with van der Waals surface area (Å²) in [7, 11) is -2.43. The van der Waals surface area contributed by atoms with Crippen molar-refractivity contribution in [1.29, 1.82) is 0 Å². The van der Waals surface area contributed by atoms with Crippen LogP contribution < -0.4 is 24.8 Å². The number of carbonyl (C=O) groups excluding carboxylic acids is 4. The zero-order valence-electron chi connectivity index (χ0n) is 32.0. The molecule has 15 nitrogen and oxygen atoms in total. The third-order valence-corrected chi connectivity index (χ3v) is 14.2. The average molecular weight is 781 g/mol. The molecule has 3 N–H and O–H groups in total. The van der Waals surface area contributed by atoms with Crippen molar-refractivity contribution < 1.29 is 41.8 Å². The molecule has 2 aromatic rings. The minimum absolute atomic E-state index is 0.0195. The first-order valence-corrected chi connectivity index (χ1v) is 21.0. The summed E-state index contributed by atoms with van der Waals surface area (Å²) in [6.07, 6.45) is 10.2. The number of rotatable bonds is 8. The van der Waals surface area contributed by atoms with Gasteiger partial charge in [0, 0.05) is 18.4 Å². The van der Waals surface area contributed by atoms with E-state index in [0.29, 0.717) is 54.6 Å². The summed E-state index contributed by atoms with van der Waals surface area (Å²) < 4.78 is 45.1. The maximum absolute atomic E-state index is 14.6. The van der Waals surface area contributed by atoms with Crippen LogP contribution in [-0.2, 0) is 29.1 Å². The highest BCUT2D eigenvalue weighted by atomic mass is 32.2. The predicted molar refractivity (Wildman–Crippen MR) is 202 cm³/mol. The Hall–Kier alpha value is -4.47. The van der Waals surface area contributed by atoms with Crippen molar-refractivity contribution >= 4 is 44.9 Å². The lowest BCUT2D eigenvalue weighted by Gasteiger charge is -2.31. The smallest absolute Gasteiger partial charge is 0.408 e. The number of ether oxygens (including phenoxy) is 3. The number of aryl methyl sites for hydroxylation is 1. The number of nitrogens with zero attached hydrogens (tertiary/aromatic N) is 3. The summed E-state index contributed by atoms with van der Waals surface area (Å²) >= 11 is 0. The first-order valence-electron chi connectivity index (χ1n) is 19.5. The van der Waals surface area contributed by atoms with Crippen LogP contribution in [0.4, 0.5) is 4.79 Å². The molecule has 1 aromatic heterocycles. The minimum atomic E-state index is -3.99. The van der Waals surface area contributed by atoms with Crippen LogP contribution >= 0.6 is 0 Å². The van der Waals surface area contributed by atoms with Crippen LogP contribution in [0.3, 0.4) is 0 Å². The molecule has 1 saturated heterocycles. The molecule has 5 aliphatic rings. The van der Waals surface area contributed by atoms with Gasteiger partial charge in [0.05, 0.1) is 29.4 Å². The van der Waals surface area contributed by atoms with Gasteiger partial charge in [-0.25, -0.2) is 23.2 Å². The Morgan fingerprint density at radius 1 is 1.00 bits per heavy atom. The van der Waals surface area contributed by atoms with Crippen LogP contribution in [0.2, 0.25) is 0 Å². The fraction of sp³-hybridized carbons (Fsp3) is 0.641. The van der Waals surface area contributed by atoms with E-state index < -0.39 is 73.8 Å². The van der Waals surface area contributed by atoms with Gasteiger partial charge in [-0.05, 0) is 97.1 Å². The highest BCUT2D eigenvalue weighted by Crippen LogP contribution is 2.47. The molecule has 298 valence electrons. The Kier molecular flexibility index (Phi) is 10.5. The van der Waals surface area contributed by atoms with Gasteiger partial charge in [-0.2, -0.15) is 0 Å². The van der Waals surface area contributed by atoms with Crippen LogP contribution in [-0.4, -0.2) is 94.8 Å². The van der Waals surface area contributed by atoms with Gasteiger partial charge in [0.15, 0.2) is 0 Å². The number of alkyl carbamates (subject to hydrolysis) is 1. The maximum Gasteiger partial charge on any atom is 0.408 e. The summed E-state index contributed by atoms with van der Waals surface area (Å²) in [6, 6.07) is 3.21. The first kappa shape index (κ1) is 38.8. The average Bonchev–Trinajstić information content (AvgIpc) is 3.94. The number of fused-ring (bicyclic) bond motifs is 3. The van der Waals surface area contributed by atoms with Crippen molar-refractivity contribution in [2.45, 2.75) is 138 Å².